The van der Waals surface area contributed by atoms with Crippen LogP contribution in [0.25, 0.3) is 5.57 Å². The lowest BCUT2D eigenvalue weighted by atomic mass is 9.97. The van der Waals surface area contributed by atoms with Crippen molar-refractivity contribution in [2.45, 2.75) is 41.0 Å². The Kier molecular flexibility index (Phi) is 5.08. The van der Waals surface area contributed by atoms with Gasteiger partial charge in [0.05, 0.1) is 0 Å². The Morgan fingerprint density at radius 1 is 1.22 bits per heavy atom. The molecule has 0 saturated heterocycles. The van der Waals surface area contributed by atoms with E-state index in [2.05, 4.69) is 57.5 Å². The highest BCUT2D eigenvalue weighted by Crippen LogP contribution is 2.22. The molecule has 18 heavy (non-hydrogen) atoms. The summed E-state index contributed by atoms with van der Waals surface area (Å²) in [6, 6.07) is 6.57. The predicted molar refractivity (Wildman–Crippen MR) is 82.1 cm³/mol. The van der Waals surface area contributed by atoms with Gasteiger partial charge in [0.15, 0.2) is 0 Å². The molecule has 0 unspecified atom stereocenters. The third kappa shape index (κ3) is 3.69. The van der Waals surface area contributed by atoms with Crippen LogP contribution in [0.2, 0.25) is 0 Å². The second-order valence-electron chi connectivity index (χ2n) is 4.84. The lowest BCUT2D eigenvalue weighted by Gasteiger charge is -2.09. The van der Waals surface area contributed by atoms with Crippen molar-refractivity contribution in [1.82, 2.24) is 0 Å². The Hall–Kier alpha value is -1.63. The van der Waals surface area contributed by atoms with Crippen LogP contribution in [0.1, 0.15) is 43.9 Å². The number of rotatable bonds is 4. The summed E-state index contributed by atoms with van der Waals surface area (Å²) in [5.74, 6) is 0. The average Bonchev–Trinajstić information content (AvgIpc) is 2.33. The fourth-order valence-corrected chi connectivity index (χ4v) is 1.71. The van der Waals surface area contributed by atoms with E-state index in [0.717, 1.165) is 12.1 Å². The van der Waals surface area contributed by atoms with Crippen molar-refractivity contribution < 1.29 is 0 Å². The molecule has 0 bridgehead atoms. The molecule has 0 spiro atoms. The zero-order valence-electron chi connectivity index (χ0n) is 12.2. The van der Waals surface area contributed by atoms with Crippen LogP contribution in [0.15, 0.2) is 41.0 Å². The number of benzene rings is 1. The third-order valence-corrected chi connectivity index (χ3v) is 3.22. The minimum absolute atomic E-state index is 0.834. The maximum Gasteiger partial charge on any atom is 0.0348 e. The van der Waals surface area contributed by atoms with Crippen LogP contribution in [0.3, 0.4) is 0 Å². The Balaban J connectivity index is 3.27. The van der Waals surface area contributed by atoms with Crippen molar-refractivity contribution in [3.8, 4) is 0 Å². The van der Waals surface area contributed by atoms with Gasteiger partial charge in [-0.1, -0.05) is 37.3 Å². The number of nitrogens with zero attached hydrogens (tertiary/aromatic N) is 1. The summed E-state index contributed by atoms with van der Waals surface area (Å²) in [5.41, 5.74) is 7.27. The van der Waals surface area contributed by atoms with Crippen molar-refractivity contribution in [3.05, 3.63) is 52.7 Å². The topological polar surface area (TPSA) is 12.4 Å². The monoisotopic (exact) mass is 241 g/mol. The van der Waals surface area contributed by atoms with Gasteiger partial charge in [0.25, 0.3) is 0 Å². The predicted octanol–water partition coefficient (Wildman–Crippen LogP) is 5.09. The van der Waals surface area contributed by atoms with Gasteiger partial charge in [0.2, 0.25) is 0 Å². The first-order valence-electron chi connectivity index (χ1n) is 6.42. The highest BCUT2D eigenvalue weighted by Gasteiger charge is 2.04. The van der Waals surface area contributed by atoms with Gasteiger partial charge in [0.1, 0.15) is 0 Å². The molecule has 0 aliphatic carbocycles. The molecule has 0 fully saturated rings. The van der Waals surface area contributed by atoms with Gasteiger partial charge in [-0.2, -0.15) is 0 Å². The first-order chi connectivity index (χ1) is 8.45. The fraction of sp³-hybridized carbons (Fsp3) is 0.353. The van der Waals surface area contributed by atoms with Gasteiger partial charge in [0, 0.05) is 11.9 Å². The number of hydrogen-bond donors (Lipinski definition) is 0. The number of allylic oxidation sites excluding steroid dienone is 3. The summed E-state index contributed by atoms with van der Waals surface area (Å²) >= 11 is 0. The Morgan fingerprint density at radius 3 is 2.39 bits per heavy atom. The van der Waals surface area contributed by atoms with Gasteiger partial charge in [-0.25, -0.2) is 0 Å². The molecule has 0 aliphatic rings. The molecule has 1 aromatic rings. The van der Waals surface area contributed by atoms with E-state index >= 15 is 0 Å². The zero-order chi connectivity index (χ0) is 13.7. The molecule has 0 aliphatic heterocycles. The van der Waals surface area contributed by atoms with E-state index < -0.39 is 0 Å². The van der Waals surface area contributed by atoms with Crippen molar-refractivity contribution in [1.29, 1.82) is 0 Å². The summed E-state index contributed by atoms with van der Waals surface area (Å²) in [6.45, 7) is 14.3. The first-order valence-corrected chi connectivity index (χ1v) is 6.42. The molecule has 0 heterocycles. The molecule has 0 N–H and O–H groups in total. The largest absolute Gasteiger partial charge is 0.262 e. The van der Waals surface area contributed by atoms with Crippen molar-refractivity contribution in [3.63, 3.8) is 0 Å². The lowest BCUT2D eigenvalue weighted by Crippen LogP contribution is -1.93. The van der Waals surface area contributed by atoms with Crippen molar-refractivity contribution >= 4 is 11.8 Å². The average molecular weight is 241 g/mol. The molecule has 0 amide bonds. The van der Waals surface area contributed by atoms with Crippen LogP contribution >= 0.6 is 0 Å². The van der Waals surface area contributed by atoms with Crippen LogP contribution in [-0.4, -0.2) is 6.21 Å². The van der Waals surface area contributed by atoms with E-state index in [9.17, 15) is 0 Å². The summed E-state index contributed by atoms with van der Waals surface area (Å²) in [5, 5.41) is 0. The van der Waals surface area contributed by atoms with E-state index in [1.165, 1.54) is 27.8 Å². The molecule has 1 rings (SSSR count). The molecular formula is C17H23N. The molecule has 1 heteroatoms. The van der Waals surface area contributed by atoms with Gasteiger partial charge in [-0.15, -0.1) is 0 Å². The zero-order valence-corrected chi connectivity index (χ0v) is 12.2. The number of aliphatic imine (C=N–C) groups is 1. The third-order valence-electron chi connectivity index (χ3n) is 3.22. The second kappa shape index (κ2) is 6.34. The lowest BCUT2D eigenvalue weighted by molar-refractivity contribution is 1.11. The molecule has 1 nitrogen and oxygen atoms in total. The minimum atomic E-state index is 0.834. The van der Waals surface area contributed by atoms with Crippen LogP contribution in [0.5, 0.6) is 0 Å². The van der Waals surface area contributed by atoms with Crippen LogP contribution in [-0.2, 0) is 0 Å². The maximum absolute atomic E-state index is 4.35. The maximum atomic E-state index is 4.35. The van der Waals surface area contributed by atoms with Gasteiger partial charge in [-0.3, -0.25) is 4.99 Å². The number of hydrogen-bond acceptors (Lipinski definition) is 1. The molecule has 1 aromatic carbocycles. The minimum Gasteiger partial charge on any atom is -0.262 e. The Morgan fingerprint density at radius 2 is 1.89 bits per heavy atom. The first kappa shape index (κ1) is 14.4. The van der Waals surface area contributed by atoms with Crippen LogP contribution in [0.4, 0.5) is 0 Å². The van der Waals surface area contributed by atoms with E-state index in [1.54, 1.807) is 0 Å². The van der Waals surface area contributed by atoms with E-state index in [4.69, 9.17) is 0 Å². The fourth-order valence-electron chi connectivity index (χ4n) is 1.71. The molecule has 0 radical (unpaired) electrons. The SMILES string of the molecule is C=C(C)/N=C\C(=C(/C)CC)c1ccc(C)c(C)c1. The van der Waals surface area contributed by atoms with Crippen LogP contribution in [0, 0.1) is 13.8 Å². The van der Waals surface area contributed by atoms with Gasteiger partial charge in [-0.05, 0) is 56.4 Å². The Labute approximate surface area is 111 Å². The van der Waals surface area contributed by atoms with Crippen molar-refractivity contribution in [2.75, 3.05) is 0 Å². The van der Waals surface area contributed by atoms with E-state index in [-0.39, 0.29) is 0 Å². The molecule has 0 atom stereocenters. The van der Waals surface area contributed by atoms with Gasteiger partial charge >= 0.3 is 0 Å². The normalized spacial score (nSPS) is 12.7. The highest BCUT2D eigenvalue weighted by molar-refractivity contribution is 6.11. The van der Waals surface area contributed by atoms with E-state index in [1.807, 2.05) is 13.1 Å². The second-order valence-corrected chi connectivity index (χ2v) is 4.84. The Bertz CT molecular complexity index is 504. The highest BCUT2D eigenvalue weighted by atomic mass is 14.7. The summed E-state index contributed by atoms with van der Waals surface area (Å²) in [6.07, 6.45) is 2.97. The quantitative estimate of drug-likeness (QED) is 0.651. The molecular weight excluding hydrogens is 218 g/mol. The van der Waals surface area contributed by atoms with Gasteiger partial charge < -0.3 is 0 Å². The van der Waals surface area contributed by atoms with E-state index in [0.29, 0.717) is 0 Å². The molecule has 0 saturated carbocycles. The van der Waals surface area contributed by atoms with Crippen LogP contribution < -0.4 is 0 Å². The molecule has 96 valence electrons. The summed E-state index contributed by atoms with van der Waals surface area (Å²) in [4.78, 5) is 4.35. The van der Waals surface area contributed by atoms with Crippen molar-refractivity contribution in [2.24, 2.45) is 4.99 Å². The smallest absolute Gasteiger partial charge is 0.0348 e. The summed E-state index contributed by atoms with van der Waals surface area (Å²) < 4.78 is 0. The number of aryl methyl sites for hydroxylation is 2. The summed E-state index contributed by atoms with van der Waals surface area (Å²) in [7, 11) is 0. The molecule has 0 aromatic heterocycles. The standard InChI is InChI=1S/C17H23N/c1-7-13(4)17(11-18-12(2)3)16-9-8-14(5)15(6)10-16/h8-11H,2,7H2,1,3-6H3/b17-13-,18-11-.